The number of alkyl halides is 2. The fourth-order valence-corrected chi connectivity index (χ4v) is 2.39. The first kappa shape index (κ1) is 15.6. The SMILES string of the molecule is CN(Cc1cnn(C)c1)C(CN)c1ccc(C(F)F)cc1. The largest absolute Gasteiger partial charge is 0.329 e. The smallest absolute Gasteiger partial charge is 0.263 e. The standard InChI is InChI=1S/C15H20F2N4/c1-20(9-11-8-19-21(2)10-11)14(7-18)12-3-5-13(6-4-12)15(16)17/h3-6,8,10,14-15H,7,9,18H2,1-2H3. The van der Waals surface area contributed by atoms with E-state index in [-0.39, 0.29) is 11.6 Å². The van der Waals surface area contributed by atoms with Crippen LogP contribution in [-0.4, -0.2) is 28.3 Å². The summed E-state index contributed by atoms with van der Waals surface area (Å²) in [7, 11) is 3.83. The number of aryl methyl sites for hydroxylation is 1. The van der Waals surface area contributed by atoms with Gasteiger partial charge in [0.2, 0.25) is 0 Å². The minimum Gasteiger partial charge on any atom is -0.329 e. The lowest BCUT2D eigenvalue weighted by Crippen LogP contribution is -2.30. The summed E-state index contributed by atoms with van der Waals surface area (Å²) >= 11 is 0. The molecule has 1 atom stereocenters. The summed E-state index contributed by atoms with van der Waals surface area (Å²) in [6, 6.07) is 6.34. The number of rotatable bonds is 6. The van der Waals surface area contributed by atoms with Gasteiger partial charge >= 0.3 is 0 Å². The van der Waals surface area contributed by atoms with Crippen molar-refractivity contribution in [3.63, 3.8) is 0 Å². The Labute approximate surface area is 123 Å². The molecule has 1 aromatic heterocycles. The molecule has 6 heteroatoms. The number of hydrogen-bond acceptors (Lipinski definition) is 3. The molecule has 0 saturated heterocycles. The van der Waals surface area contributed by atoms with E-state index in [1.54, 1.807) is 16.8 Å². The van der Waals surface area contributed by atoms with Crippen LogP contribution in [-0.2, 0) is 13.6 Å². The fourth-order valence-electron chi connectivity index (χ4n) is 2.39. The van der Waals surface area contributed by atoms with E-state index in [2.05, 4.69) is 10.00 Å². The molecule has 2 aromatic rings. The molecule has 2 N–H and O–H groups in total. The van der Waals surface area contributed by atoms with Gasteiger partial charge in [-0.05, 0) is 12.6 Å². The van der Waals surface area contributed by atoms with E-state index in [4.69, 9.17) is 5.73 Å². The highest BCUT2D eigenvalue weighted by atomic mass is 19.3. The average molecular weight is 294 g/mol. The summed E-state index contributed by atoms with van der Waals surface area (Å²) in [4.78, 5) is 2.09. The van der Waals surface area contributed by atoms with Gasteiger partial charge in [0.15, 0.2) is 0 Å². The van der Waals surface area contributed by atoms with E-state index in [9.17, 15) is 8.78 Å². The van der Waals surface area contributed by atoms with Gasteiger partial charge in [-0.25, -0.2) is 8.78 Å². The molecular weight excluding hydrogens is 274 g/mol. The van der Waals surface area contributed by atoms with E-state index < -0.39 is 6.43 Å². The van der Waals surface area contributed by atoms with Gasteiger partial charge in [-0.15, -0.1) is 0 Å². The molecule has 0 bridgehead atoms. The third-order valence-electron chi connectivity index (χ3n) is 3.52. The van der Waals surface area contributed by atoms with Crippen LogP contribution in [0, 0.1) is 0 Å². The molecule has 2 rings (SSSR count). The Morgan fingerprint density at radius 1 is 1.24 bits per heavy atom. The average Bonchev–Trinajstić information content (AvgIpc) is 2.85. The molecule has 1 heterocycles. The van der Waals surface area contributed by atoms with Gasteiger partial charge in [0, 0.05) is 43.5 Å². The monoisotopic (exact) mass is 294 g/mol. The summed E-state index contributed by atoms with van der Waals surface area (Å²) in [5.41, 5.74) is 7.91. The molecule has 0 radical (unpaired) electrons. The maximum atomic E-state index is 12.6. The Kier molecular flexibility index (Phi) is 5.03. The molecule has 114 valence electrons. The minimum absolute atomic E-state index is 0.0167. The van der Waals surface area contributed by atoms with Gasteiger partial charge < -0.3 is 5.73 Å². The van der Waals surface area contributed by atoms with Crippen molar-refractivity contribution < 1.29 is 8.78 Å². The van der Waals surface area contributed by atoms with Crippen LogP contribution in [0.15, 0.2) is 36.7 Å². The molecule has 0 fully saturated rings. The molecule has 1 unspecified atom stereocenters. The second kappa shape index (κ2) is 6.78. The van der Waals surface area contributed by atoms with Crippen molar-refractivity contribution >= 4 is 0 Å². The van der Waals surface area contributed by atoms with Crippen LogP contribution in [0.5, 0.6) is 0 Å². The van der Waals surface area contributed by atoms with E-state index >= 15 is 0 Å². The molecule has 21 heavy (non-hydrogen) atoms. The summed E-state index contributed by atoms with van der Waals surface area (Å²) in [6.45, 7) is 1.12. The highest BCUT2D eigenvalue weighted by molar-refractivity contribution is 5.26. The second-order valence-corrected chi connectivity index (χ2v) is 5.16. The summed E-state index contributed by atoms with van der Waals surface area (Å²) < 4.78 is 26.9. The van der Waals surface area contributed by atoms with Crippen LogP contribution in [0.3, 0.4) is 0 Å². The third kappa shape index (κ3) is 3.86. The number of nitrogens with zero attached hydrogens (tertiary/aromatic N) is 3. The van der Waals surface area contributed by atoms with Gasteiger partial charge in [-0.2, -0.15) is 5.10 Å². The first-order chi connectivity index (χ1) is 10.0. The van der Waals surface area contributed by atoms with Crippen LogP contribution >= 0.6 is 0 Å². The van der Waals surface area contributed by atoms with Gasteiger partial charge in [0.1, 0.15) is 0 Å². The molecule has 0 aliphatic rings. The lowest BCUT2D eigenvalue weighted by atomic mass is 10.0. The Balaban J connectivity index is 2.10. The van der Waals surface area contributed by atoms with E-state index in [0.29, 0.717) is 13.1 Å². The van der Waals surface area contributed by atoms with Crippen molar-refractivity contribution in [3.8, 4) is 0 Å². The fraction of sp³-hybridized carbons (Fsp3) is 0.400. The summed E-state index contributed by atoms with van der Waals surface area (Å²) in [5, 5.41) is 4.13. The van der Waals surface area contributed by atoms with Crippen molar-refractivity contribution in [3.05, 3.63) is 53.3 Å². The lowest BCUT2D eigenvalue weighted by molar-refractivity contribution is 0.151. The first-order valence-electron chi connectivity index (χ1n) is 6.77. The molecular formula is C15H20F2N4. The van der Waals surface area contributed by atoms with Gasteiger partial charge in [-0.3, -0.25) is 9.58 Å². The Bertz CT molecular complexity index is 565. The van der Waals surface area contributed by atoms with Crippen molar-refractivity contribution in [1.82, 2.24) is 14.7 Å². The van der Waals surface area contributed by atoms with Crippen LogP contribution < -0.4 is 5.73 Å². The molecule has 0 spiro atoms. The maximum Gasteiger partial charge on any atom is 0.263 e. The Morgan fingerprint density at radius 2 is 1.86 bits per heavy atom. The maximum absolute atomic E-state index is 12.6. The number of aromatic nitrogens is 2. The van der Waals surface area contributed by atoms with Crippen molar-refractivity contribution in [1.29, 1.82) is 0 Å². The Morgan fingerprint density at radius 3 is 2.33 bits per heavy atom. The van der Waals surface area contributed by atoms with E-state index in [1.807, 2.05) is 26.5 Å². The number of nitrogens with two attached hydrogens (primary N) is 1. The third-order valence-corrected chi connectivity index (χ3v) is 3.52. The van der Waals surface area contributed by atoms with Crippen LogP contribution in [0.4, 0.5) is 8.78 Å². The minimum atomic E-state index is -2.44. The molecule has 0 aliphatic heterocycles. The van der Waals surface area contributed by atoms with Crippen LogP contribution in [0.25, 0.3) is 0 Å². The van der Waals surface area contributed by atoms with Gasteiger partial charge in [-0.1, -0.05) is 24.3 Å². The molecule has 4 nitrogen and oxygen atoms in total. The lowest BCUT2D eigenvalue weighted by Gasteiger charge is -2.27. The number of halogens is 2. The predicted molar refractivity (Wildman–Crippen MR) is 77.9 cm³/mol. The molecule has 0 amide bonds. The first-order valence-corrected chi connectivity index (χ1v) is 6.77. The zero-order valence-corrected chi connectivity index (χ0v) is 12.2. The zero-order valence-electron chi connectivity index (χ0n) is 12.2. The van der Waals surface area contributed by atoms with E-state index in [1.165, 1.54) is 12.1 Å². The van der Waals surface area contributed by atoms with Crippen LogP contribution in [0.1, 0.15) is 29.2 Å². The Hall–Kier alpha value is -1.79. The molecule has 0 saturated carbocycles. The number of likely N-dealkylation sites (N-methyl/N-ethyl adjacent to an activating group) is 1. The van der Waals surface area contributed by atoms with Crippen molar-refractivity contribution in [2.24, 2.45) is 12.8 Å². The molecule has 1 aromatic carbocycles. The highest BCUT2D eigenvalue weighted by Gasteiger charge is 2.17. The number of hydrogen-bond donors (Lipinski definition) is 1. The summed E-state index contributed by atoms with van der Waals surface area (Å²) in [6.07, 6.45) is 1.32. The van der Waals surface area contributed by atoms with Gasteiger partial charge in [0.05, 0.1) is 6.20 Å². The predicted octanol–water partition coefficient (Wildman–Crippen LogP) is 2.49. The van der Waals surface area contributed by atoms with Gasteiger partial charge in [0.25, 0.3) is 6.43 Å². The van der Waals surface area contributed by atoms with Crippen molar-refractivity contribution in [2.75, 3.05) is 13.6 Å². The van der Waals surface area contributed by atoms with Crippen molar-refractivity contribution in [2.45, 2.75) is 19.0 Å². The van der Waals surface area contributed by atoms with E-state index in [0.717, 1.165) is 11.1 Å². The topological polar surface area (TPSA) is 47.1 Å². The summed E-state index contributed by atoms with van der Waals surface area (Å²) in [5.74, 6) is 0. The van der Waals surface area contributed by atoms with Crippen LogP contribution in [0.2, 0.25) is 0 Å². The highest BCUT2D eigenvalue weighted by Crippen LogP contribution is 2.24. The normalized spacial score (nSPS) is 13.1. The number of benzene rings is 1. The quantitative estimate of drug-likeness (QED) is 0.890. The zero-order chi connectivity index (χ0) is 15.4. The second-order valence-electron chi connectivity index (χ2n) is 5.16. The molecule has 0 aliphatic carbocycles.